The molecule has 0 heterocycles. The van der Waals surface area contributed by atoms with Crippen molar-refractivity contribution >= 4 is 33.6 Å². The first kappa shape index (κ1) is 10.8. The maximum Gasteiger partial charge on any atom is 0.287 e. The quantitative estimate of drug-likeness (QED) is 0.815. The van der Waals surface area contributed by atoms with Crippen molar-refractivity contribution in [2.45, 2.75) is 5.75 Å². The molecular weight excluding hydrogens is 235 g/mol. The third-order valence-corrected chi connectivity index (χ3v) is 3.19. The monoisotopic (exact) mass is 240 g/mol. The van der Waals surface area contributed by atoms with Gasteiger partial charge in [-0.25, -0.2) is 0 Å². The molecule has 0 atom stereocenters. The maximum atomic E-state index is 10.9. The average molecular weight is 241 g/mol. The molecule has 1 aromatic rings. The zero-order valence-corrected chi connectivity index (χ0v) is 8.73. The van der Waals surface area contributed by atoms with E-state index >= 15 is 0 Å². The molecular formula is C7H6Cl2O3S. The molecule has 3 nitrogen and oxygen atoms in total. The van der Waals surface area contributed by atoms with Gasteiger partial charge in [-0.05, 0) is 11.6 Å². The largest absolute Gasteiger partial charge is 0.287 e. The van der Waals surface area contributed by atoms with Crippen LogP contribution in [0.15, 0.2) is 24.3 Å². The van der Waals surface area contributed by atoms with Gasteiger partial charge in [-0.1, -0.05) is 29.8 Å². The molecule has 6 heteroatoms. The predicted molar refractivity (Wildman–Crippen MR) is 51.0 cm³/mol. The topological polar surface area (TPSA) is 43.4 Å². The second-order valence-corrected chi connectivity index (χ2v) is 4.67. The van der Waals surface area contributed by atoms with E-state index in [4.69, 9.17) is 23.5 Å². The normalized spacial score (nSPS) is 11.5. The van der Waals surface area contributed by atoms with Crippen LogP contribution in [0, 0.1) is 0 Å². The van der Waals surface area contributed by atoms with Gasteiger partial charge in [0.2, 0.25) is 0 Å². The van der Waals surface area contributed by atoms with Crippen molar-refractivity contribution in [3.63, 3.8) is 0 Å². The summed E-state index contributed by atoms with van der Waals surface area (Å²) in [5.74, 6) is -0.323. The summed E-state index contributed by atoms with van der Waals surface area (Å²) >= 11 is 10.5. The van der Waals surface area contributed by atoms with Crippen molar-refractivity contribution < 1.29 is 12.2 Å². The first-order chi connectivity index (χ1) is 6.05. The Morgan fingerprint density at radius 2 is 1.92 bits per heavy atom. The lowest BCUT2D eigenvalue weighted by Gasteiger charge is -2.01. The van der Waals surface area contributed by atoms with Crippen LogP contribution in [0.25, 0.3) is 0 Å². The van der Waals surface area contributed by atoms with Gasteiger partial charge in [0.25, 0.3) is 10.1 Å². The third kappa shape index (κ3) is 3.15. The molecule has 0 radical (unpaired) electrons. The van der Waals surface area contributed by atoms with E-state index in [1.54, 1.807) is 24.3 Å². The van der Waals surface area contributed by atoms with Gasteiger partial charge < -0.3 is 0 Å². The summed E-state index contributed by atoms with van der Waals surface area (Å²) < 4.78 is 25.6. The molecule has 0 unspecified atom stereocenters. The van der Waals surface area contributed by atoms with Crippen LogP contribution in [0.3, 0.4) is 0 Å². The molecule has 0 saturated heterocycles. The zero-order chi connectivity index (χ0) is 9.90. The van der Waals surface area contributed by atoms with Crippen LogP contribution in [0.5, 0.6) is 0 Å². The van der Waals surface area contributed by atoms with E-state index in [9.17, 15) is 8.42 Å². The maximum absolute atomic E-state index is 10.9. The molecule has 0 amide bonds. The highest BCUT2D eigenvalue weighted by atomic mass is 35.5. The molecule has 0 fully saturated rings. The van der Waals surface area contributed by atoms with Gasteiger partial charge in [-0.15, -0.1) is 0 Å². The standard InChI is InChI=1S/C7H6Cl2O3S/c8-7-4-2-1-3-6(7)5-13(10,11)12-9/h1-4H,5H2. The van der Waals surface area contributed by atoms with Crippen molar-refractivity contribution in [2.24, 2.45) is 0 Å². The molecule has 72 valence electrons. The molecule has 0 aliphatic rings. The second-order valence-electron chi connectivity index (χ2n) is 2.36. The van der Waals surface area contributed by atoms with E-state index in [0.29, 0.717) is 10.6 Å². The molecule has 1 aromatic carbocycles. The molecule has 0 saturated carbocycles. The van der Waals surface area contributed by atoms with Crippen molar-refractivity contribution in [2.75, 3.05) is 0 Å². The molecule has 0 aliphatic carbocycles. The summed E-state index contributed by atoms with van der Waals surface area (Å²) in [6.07, 6.45) is 0. The lowest BCUT2D eigenvalue weighted by molar-refractivity contribution is 0.508. The van der Waals surface area contributed by atoms with Crippen molar-refractivity contribution in [3.05, 3.63) is 34.9 Å². The van der Waals surface area contributed by atoms with Crippen molar-refractivity contribution in [1.82, 2.24) is 0 Å². The fraction of sp³-hybridized carbons (Fsp3) is 0.143. The van der Waals surface area contributed by atoms with Crippen LogP contribution in [-0.2, 0) is 19.6 Å². The minimum Gasteiger partial charge on any atom is -0.198 e. The fourth-order valence-corrected chi connectivity index (χ4v) is 1.92. The van der Waals surface area contributed by atoms with Crippen LogP contribution >= 0.6 is 23.5 Å². The Bertz CT molecular complexity index is 388. The summed E-state index contributed by atoms with van der Waals surface area (Å²) in [7, 11) is -3.71. The Morgan fingerprint density at radius 1 is 1.31 bits per heavy atom. The van der Waals surface area contributed by atoms with Crippen LogP contribution < -0.4 is 0 Å². The van der Waals surface area contributed by atoms with E-state index in [1.807, 2.05) is 0 Å². The first-order valence-corrected chi connectivity index (χ1v) is 5.58. The van der Waals surface area contributed by atoms with E-state index in [0.717, 1.165) is 0 Å². The Balaban J connectivity index is 2.93. The van der Waals surface area contributed by atoms with Gasteiger partial charge in [0, 0.05) is 5.02 Å². The molecule has 0 aromatic heterocycles. The lowest BCUT2D eigenvalue weighted by atomic mass is 10.2. The molecule has 0 bridgehead atoms. The number of rotatable bonds is 3. The zero-order valence-electron chi connectivity index (χ0n) is 6.41. The van der Waals surface area contributed by atoms with Gasteiger partial charge in [0.1, 0.15) is 5.75 Å². The predicted octanol–water partition coefficient (Wildman–Crippen LogP) is 2.34. The molecule has 0 spiro atoms. The van der Waals surface area contributed by atoms with Crippen molar-refractivity contribution in [3.8, 4) is 0 Å². The fourth-order valence-electron chi connectivity index (χ4n) is 0.828. The van der Waals surface area contributed by atoms with Crippen molar-refractivity contribution in [1.29, 1.82) is 0 Å². The minimum absolute atomic E-state index is 0.323. The highest BCUT2D eigenvalue weighted by molar-refractivity contribution is 7.86. The summed E-state index contributed by atoms with van der Waals surface area (Å²) in [4.78, 5) is 0. The number of hydrogen-bond donors (Lipinski definition) is 0. The SMILES string of the molecule is O=S(=O)(Cc1ccccc1Cl)OCl. The van der Waals surface area contributed by atoms with Gasteiger partial charge >= 0.3 is 0 Å². The summed E-state index contributed by atoms with van der Waals surface area (Å²) in [5, 5.41) is 0.375. The summed E-state index contributed by atoms with van der Waals surface area (Å²) in [5.41, 5.74) is 0.463. The lowest BCUT2D eigenvalue weighted by Crippen LogP contribution is -2.03. The molecule has 1 rings (SSSR count). The average Bonchev–Trinajstić information content (AvgIpc) is 2.09. The first-order valence-electron chi connectivity index (χ1n) is 3.31. The summed E-state index contributed by atoms with van der Waals surface area (Å²) in [6.45, 7) is 0. The van der Waals surface area contributed by atoms with E-state index in [2.05, 4.69) is 3.74 Å². The van der Waals surface area contributed by atoms with Crippen LogP contribution in [0.2, 0.25) is 5.02 Å². The molecule has 0 N–H and O–H groups in total. The van der Waals surface area contributed by atoms with Gasteiger partial charge in [-0.2, -0.15) is 12.2 Å². The third-order valence-electron chi connectivity index (χ3n) is 1.39. The number of hydrogen-bond acceptors (Lipinski definition) is 3. The van der Waals surface area contributed by atoms with E-state index in [-0.39, 0.29) is 5.75 Å². The highest BCUT2D eigenvalue weighted by Gasteiger charge is 2.13. The number of benzene rings is 1. The van der Waals surface area contributed by atoms with E-state index < -0.39 is 10.1 Å². The smallest absolute Gasteiger partial charge is 0.198 e. The minimum atomic E-state index is -3.71. The Labute approximate surface area is 86.5 Å². The van der Waals surface area contributed by atoms with E-state index in [1.165, 1.54) is 0 Å². The molecule has 13 heavy (non-hydrogen) atoms. The van der Waals surface area contributed by atoms with Gasteiger partial charge in [-0.3, -0.25) is 0 Å². The van der Waals surface area contributed by atoms with Gasteiger partial charge in [0.05, 0.1) is 11.9 Å². The highest BCUT2D eigenvalue weighted by Crippen LogP contribution is 2.18. The van der Waals surface area contributed by atoms with Crippen LogP contribution in [-0.4, -0.2) is 8.42 Å². The Hall–Kier alpha value is -0.290. The summed E-state index contributed by atoms with van der Waals surface area (Å²) in [6, 6.07) is 6.58. The van der Waals surface area contributed by atoms with Gasteiger partial charge in [0.15, 0.2) is 0 Å². The molecule has 0 aliphatic heterocycles. The van der Waals surface area contributed by atoms with Crippen LogP contribution in [0.4, 0.5) is 0 Å². The number of halogens is 2. The Kier molecular flexibility index (Phi) is 3.55. The van der Waals surface area contributed by atoms with Crippen LogP contribution in [0.1, 0.15) is 5.56 Å². The second kappa shape index (κ2) is 4.28. The Morgan fingerprint density at radius 3 is 2.46 bits per heavy atom.